The van der Waals surface area contributed by atoms with Gasteiger partial charge in [0.05, 0.1) is 13.5 Å². The van der Waals surface area contributed by atoms with E-state index in [-0.39, 0.29) is 18.2 Å². The lowest BCUT2D eigenvalue weighted by molar-refractivity contribution is -0.120. The van der Waals surface area contributed by atoms with Gasteiger partial charge in [0.2, 0.25) is 5.91 Å². The van der Waals surface area contributed by atoms with E-state index in [2.05, 4.69) is 34.8 Å². The average molecular weight is 372 g/mol. The number of methoxy groups -OCH3 is 1. The van der Waals surface area contributed by atoms with Crippen LogP contribution >= 0.6 is 0 Å². The Labute approximate surface area is 165 Å². The SMILES string of the molecule is COc1ccc(CC(=O)N/N=C(\C)C(c2ccccc2)c2ccccc2)cc1. The predicted octanol–water partition coefficient (Wildman–Crippen LogP) is 4.56. The number of hydrogen-bond donors (Lipinski definition) is 1. The van der Waals surface area contributed by atoms with Crippen molar-refractivity contribution >= 4 is 11.6 Å². The van der Waals surface area contributed by atoms with E-state index in [0.29, 0.717) is 0 Å². The molecule has 0 saturated heterocycles. The van der Waals surface area contributed by atoms with Crippen LogP contribution in [0.3, 0.4) is 0 Å². The van der Waals surface area contributed by atoms with Crippen molar-refractivity contribution in [3.8, 4) is 5.75 Å². The summed E-state index contributed by atoms with van der Waals surface area (Å²) in [7, 11) is 1.62. The van der Waals surface area contributed by atoms with Gasteiger partial charge in [-0.3, -0.25) is 4.79 Å². The molecule has 3 aromatic carbocycles. The van der Waals surface area contributed by atoms with Gasteiger partial charge in [-0.25, -0.2) is 5.43 Å². The normalized spacial score (nSPS) is 11.3. The molecule has 0 atom stereocenters. The molecule has 1 N–H and O–H groups in total. The average Bonchev–Trinajstić information content (AvgIpc) is 2.74. The lowest BCUT2D eigenvalue weighted by Crippen LogP contribution is -2.23. The molecule has 0 radical (unpaired) electrons. The van der Waals surface area contributed by atoms with E-state index in [4.69, 9.17) is 4.74 Å². The van der Waals surface area contributed by atoms with Crippen LogP contribution in [0.5, 0.6) is 5.75 Å². The molecule has 28 heavy (non-hydrogen) atoms. The number of hydrazone groups is 1. The zero-order chi connectivity index (χ0) is 19.8. The topological polar surface area (TPSA) is 50.7 Å². The van der Waals surface area contributed by atoms with Gasteiger partial charge >= 0.3 is 0 Å². The van der Waals surface area contributed by atoms with Gasteiger partial charge in [0.15, 0.2) is 0 Å². The van der Waals surface area contributed by atoms with Crippen molar-refractivity contribution in [2.24, 2.45) is 5.10 Å². The molecule has 0 aliphatic rings. The summed E-state index contributed by atoms with van der Waals surface area (Å²) >= 11 is 0. The van der Waals surface area contributed by atoms with E-state index in [0.717, 1.165) is 28.2 Å². The molecule has 0 bridgehead atoms. The van der Waals surface area contributed by atoms with Crippen LogP contribution < -0.4 is 10.2 Å². The largest absolute Gasteiger partial charge is 0.497 e. The molecule has 4 heteroatoms. The Morgan fingerprint density at radius 2 is 1.43 bits per heavy atom. The summed E-state index contributed by atoms with van der Waals surface area (Å²) in [5.41, 5.74) is 6.72. The van der Waals surface area contributed by atoms with Gasteiger partial charge in [-0.2, -0.15) is 5.10 Å². The van der Waals surface area contributed by atoms with Crippen molar-refractivity contribution < 1.29 is 9.53 Å². The quantitative estimate of drug-likeness (QED) is 0.488. The van der Waals surface area contributed by atoms with Gasteiger partial charge in [0, 0.05) is 11.6 Å². The van der Waals surface area contributed by atoms with Gasteiger partial charge in [0.25, 0.3) is 0 Å². The summed E-state index contributed by atoms with van der Waals surface area (Å²) in [6, 6.07) is 27.8. The van der Waals surface area contributed by atoms with Crippen molar-refractivity contribution in [1.82, 2.24) is 5.43 Å². The van der Waals surface area contributed by atoms with E-state index in [9.17, 15) is 4.79 Å². The molecule has 0 aromatic heterocycles. The number of carbonyl (C=O) groups is 1. The van der Waals surface area contributed by atoms with Gasteiger partial charge in [-0.1, -0.05) is 72.8 Å². The van der Waals surface area contributed by atoms with Gasteiger partial charge in [-0.05, 0) is 35.7 Å². The maximum Gasteiger partial charge on any atom is 0.244 e. The van der Waals surface area contributed by atoms with E-state index in [1.165, 1.54) is 0 Å². The van der Waals surface area contributed by atoms with Crippen molar-refractivity contribution in [3.63, 3.8) is 0 Å². The fourth-order valence-electron chi connectivity index (χ4n) is 3.15. The van der Waals surface area contributed by atoms with Crippen LogP contribution in [0, 0.1) is 0 Å². The van der Waals surface area contributed by atoms with Crippen molar-refractivity contribution in [2.75, 3.05) is 7.11 Å². The first kappa shape index (κ1) is 19.4. The zero-order valence-corrected chi connectivity index (χ0v) is 16.1. The number of amides is 1. The molecule has 3 aromatic rings. The molecule has 0 spiro atoms. The molecule has 142 valence electrons. The molecule has 0 unspecified atom stereocenters. The molecule has 0 heterocycles. The Morgan fingerprint density at radius 3 is 1.93 bits per heavy atom. The predicted molar refractivity (Wildman–Crippen MR) is 113 cm³/mol. The van der Waals surface area contributed by atoms with Crippen molar-refractivity contribution in [2.45, 2.75) is 19.3 Å². The Balaban J connectivity index is 1.74. The summed E-state index contributed by atoms with van der Waals surface area (Å²) in [5, 5.41) is 4.40. The minimum absolute atomic E-state index is 0.0105. The Morgan fingerprint density at radius 1 is 0.893 bits per heavy atom. The maximum absolute atomic E-state index is 12.3. The van der Waals surface area contributed by atoms with Crippen LogP contribution in [0.25, 0.3) is 0 Å². The highest BCUT2D eigenvalue weighted by molar-refractivity contribution is 5.93. The molecule has 0 saturated carbocycles. The zero-order valence-electron chi connectivity index (χ0n) is 16.1. The summed E-state index contributed by atoms with van der Waals surface area (Å²) in [6.07, 6.45) is 0.266. The third kappa shape index (κ3) is 5.07. The van der Waals surface area contributed by atoms with Gasteiger partial charge < -0.3 is 4.74 Å². The Kier molecular flexibility index (Phi) is 6.58. The van der Waals surface area contributed by atoms with Gasteiger partial charge in [-0.15, -0.1) is 0 Å². The van der Waals surface area contributed by atoms with Crippen LogP contribution in [0.15, 0.2) is 90.0 Å². The number of nitrogens with zero attached hydrogens (tertiary/aromatic N) is 1. The lowest BCUT2D eigenvalue weighted by atomic mass is 9.88. The standard InChI is InChI=1S/C24H24N2O2/c1-18(25-26-23(27)17-19-13-15-22(28-2)16-14-19)24(20-9-5-3-6-10-20)21-11-7-4-8-12-21/h3-16,24H,17H2,1-2H3,(H,26,27)/b25-18+. The van der Waals surface area contributed by atoms with Crippen LogP contribution in [-0.2, 0) is 11.2 Å². The summed E-state index contributed by atoms with van der Waals surface area (Å²) < 4.78 is 5.14. The number of nitrogens with one attached hydrogen (secondary N) is 1. The Hall–Kier alpha value is -3.40. The monoisotopic (exact) mass is 372 g/mol. The first-order chi connectivity index (χ1) is 13.7. The molecule has 1 amide bonds. The lowest BCUT2D eigenvalue weighted by Gasteiger charge is -2.18. The molecule has 0 fully saturated rings. The highest BCUT2D eigenvalue weighted by Gasteiger charge is 2.17. The molecule has 0 aliphatic heterocycles. The number of carbonyl (C=O) groups excluding carboxylic acids is 1. The molecular formula is C24H24N2O2. The fourth-order valence-corrected chi connectivity index (χ4v) is 3.15. The third-order valence-corrected chi connectivity index (χ3v) is 4.56. The summed E-state index contributed by atoms with van der Waals surface area (Å²) in [6.45, 7) is 1.94. The summed E-state index contributed by atoms with van der Waals surface area (Å²) in [4.78, 5) is 12.3. The minimum Gasteiger partial charge on any atom is -0.497 e. The summed E-state index contributed by atoms with van der Waals surface area (Å²) in [5.74, 6) is 0.611. The van der Waals surface area contributed by atoms with E-state index in [1.54, 1.807) is 7.11 Å². The van der Waals surface area contributed by atoms with Crippen molar-refractivity contribution in [1.29, 1.82) is 0 Å². The van der Waals surface area contributed by atoms with Crippen LogP contribution in [0.2, 0.25) is 0 Å². The Bertz CT molecular complexity index is 880. The van der Waals surface area contributed by atoms with E-state index in [1.807, 2.05) is 67.6 Å². The highest BCUT2D eigenvalue weighted by atomic mass is 16.5. The molecule has 0 aliphatic carbocycles. The first-order valence-corrected chi connectivity index (χ1v) is 9.23. The molecule has 4 nitrogen and oxygen atoms in total. The highest BCUT2D eigenvalue weighted by Crippen LogP contribution is 2.26. The second-order valence-corrected chi connectivity index (χ2v) is 6.57. The maximum atomic E-state index is 12.3. The molecule has 3 rings (SSSR count). The van der Waals surface area contributed by atoms with E-state index >= 15 is 0 Å². The van der Waals surface area contributed by atoms with Gasteiger partial charge in [0.1, 0.15) is 5.75 Å². The van der Waals surface area contributed by atoms with E-state index < -0.39 is 0 Å². The number of benzene rings is 3. The second kappa shape index (κ2) is 9.51. The van der Waals surface area contributed by atoms with Crippen LogP contribution in [0.4, 0.5) is 0 Å². The molecular weight excluding hydrogens is 348 g/mol. The smallest absolute Gasteiger partial charge is 0.244 e. The third-order valence-electron chi connectivity index (χ3n) is 4.56. The fraction of sp³-hybridized carbons (Fsp3) is 0.167. The number of ether oxygens (including phenoxy) is 1. The minimum atomic E-state index is -0.149. The van der Waals surface area contributed by atoms with Crippen LogP contribution in [-0.4, -0.2) is 18.7 Å². The van der Waals surface area contributed by atoms with Crippen molar-refractivity contribution in [3.05, 3.63) is 102 Å². The van der Waals surface area contributed by atoms with Crippen LogP contribution in [0.1, 0.15) is 29.5 Å². The first-order valence-electron chi connectivity index (χ1n) is 9.23. The second-order valence-electron chi connectivity index (χ2n) is 6.57. The number of rotatable bonds is 7. The number of hydrogen-bond acceptors (Lipinski definition) is 3.